The van der Waals surface area contributed by atoms with Crippen molar-refractivity contribution in [3.63, 3.8) is 0 Å². The molecule has 2 rings (SSSR count). The van der Waals surface area contributed by atoms with Gasteiger partial charge in [0.05, 0.1) is 4.90 Å². The number of hydrogen-bond donors (Lipinski definition) is 1. The third-order valence-electron chi connectivity index (χ3n) is 4.76. The molecule has 0 unspecified atom stereocenters. The van der Waals surface area contributed by atoms with Crippen molar-refractivity contribution in [2.45, 2.75) is 49.8 Å². The van der Waals surface area contributed by atoms with Crippen LogP contribution in [0.1, 0.15) is 38.5 Å². The molecule has 1 aliphatic carbocycles. The van der Waals surface area contributed by atoms with Crippen molar-refractivity contribution in [2.24, 2.45) is 5.41 Å². The van der Waals surface area contributed by atoms with Crippen molar-refractivity contribution in [3.8, 4) is 5.75 Å². The lowest BCUT2D eigenvalue weighted by molar-refractivity contribution is -0.274. The van der Waals surface area contributed by atoms with Crippen molar-refractivity contribution in [3.05, 3.63) is 24.3 Å². The van der Waals surface area contributed by atoms with Gasteiger partial charge in [0.25, 0.3) is 0 Å². The van der Waals surface area contributed by atoms with E-state index in [0.29, 0.717) is 13.2 Å². The van der Waals surface area contributed by atoms with Gasteiger partial charge in [-0.3, -0.25) is 0 Å². The van der Waals surface area contributed by atoms with Crippen LogP contribution in [-0.4, -0.2) is 35.0 Å². The molecule has 0 amide bonds. The van der Waals surface area contributed by atoms with E-state index in [4.69, 9.17) is 4.74 Å². The molecule has 0 atom stereocenters. The number of hydrogen-bond acceptors (Lipinski definition) is 4. The van der Waals surface area contributed by atoms with Crippen LogP contribution in [0.4, 0.5) is 13.2 Å². The highest BCUT2D eigenvalue weighted by molar-refractivity contribution is 7.89. The average molecular weight is 395 g/mol. The number of nitrogens with one attached hydrogen (secondary N) is 1. The van der Waals surface area contributed by atoms with Crippen LogP contribution in [0.2, 0.25) is 0 Å². The predicted octanol–water partition coefficient (Wildman–Crippen LogP) is 3.85. The number of ether oxygens (including phenoxy) is 2. The predicted molar refractivity (Wildman–Crippen MR) is 90.3 cm³/mol. The van der Waals surface area contributed by atoms with Crippen LogP contribution in [0.5, 0.6) is 5.75 Å². The Kier molecular flexibility index (Phi) is 6.92. The van der Waals surface area contributed by atoms with Crippen LogP contribution in [0, 0.1) is 5.41 Å². The lowest BCUT2D eigenvalue weighted by atomic mass is 9.72. The van der Waals surface area contributed by atoms with Gasteiger partial charge in [-0.1, -0.05) is 19.3 Å². The lowest BCUT2D eigenvalue weighted by Crippen LogP contribution is -2.39. The summed E-state index contributed by atoms with van der Waals surface area (Å²) in [5.74, 6) is -0.458. The second kappa shape index (κ2) is 8.58. The Morgan fingerprint density at radius 1 is 1.12 bits per heavy atom. The Bertz CT molecular complexity index is 668. The number of benzene rings is 1. The molecule has 26 heavy (non-hydrogen) atoms. The molecule has 0 bridgehead atoms. The van der Waals surface area contributed by atoms with Crippen LogP contribution >= 0.6 is 0 Å². The van der Waals surface area contributed by atoms with Gasteiger partial charge in [-0.2, -0.15) is 0 Å². The minimum absolute atomic E-state index is 0.0928. The number of sulfonamides is 1. The van der Waals surface area contributed by atoms with E-state index in [1.807, 2.05) is 0 Å². The van der Waals surface area contributed by atoms with Gasteiger partial charge in [0.2, 0.25) is 10.0 Å². The molecule has 0 aromatic heterocycles. The second-order valence-corrected chi connectivity index (χ2v) is 8.41. The number of methoxy groups -OCH3 is 1. The van der Waals surface area contributed by atoms with Crippen molar-refractivity contribution < 1.29 is 31.1 Å². The lowest BCUT2D eigenvalue weighted by Gasteiger charge is -2.37. The summed E-state index contributed by atoms with van der Waals surface area (Å²) < 4.78 is 73.0. The maximum absolute atomic E-state index is 12.5. The minimum atomic E-state index is -4.81. The molecule has 0 radical (unpaired) electrons. The van der Waals surface area contributed by atoms with E-state index in [1.54, 1.807) is 7.11 Å². The van der Waals surface area contributed by atoms with E-state index in [2.05, 4.69) is 9.46 Å². The third kappa shape index (κ3) is 6.14. The first-order valence-corrected chi connectivity index (χ1v) is 9.99. The highest BCUT2D eigenvalue weighted by Crippen LogP contribution is 2.39. The topological polar surface area (TPSA) is 64.6 Å². The zero-order valence-corrected chi connectivity index (χ0v) is 15.5. The van der Waals surface area contributed by atoms with E-state index in [0.717, 1.165) is 62.8 Å². The molecule has 148 valence electrons. The number of halogens is 3. The van der Waals surface area contributed by atoms with E-state index in [1.165, 1.54) is 0 Å². The van der Waals surface area contributed by atoms with Crippen LogP contribution in [0.25, 0.3) is 0 Å². The van der Waals surface area contributed by atoms with Crippen LogP contribution in [0.15, 0.2) is 29.2 Å². The average Bonchev–Trinajstić information content (AvgIpc) is 2.58. The SMILES string of the molecule is COCCC1(CNS(=O)(=O)c2ccc(OC(F)(F)F)cc2)CCCCC1. The van der Waals surface area contributed by atoms with Gasteiger partial charge < -0.3 is 9.47 Å². The van der Waals surface area contributed by atoms with Gasteiger partial charge in [0.15, 0.2) is 0 Å². The zero-order chi connectivity index (χ0) is 19.3. The smallest absolute Gasteiger partial charge is 0.406 e. The largest absolute Gasteiger partial charge is 0.573 e. The molecule has 1 aromatic carbocycles. The van der Waals surface area contributed by atoms with Gasteiger partial charge >= 0.3 is 6.36 Å². The number of alkyl halides is 3. The van der Waals surface area contributed by atoms with Crippen LogP contribution < -0.4 is 9.46 Å². The maximum Gasteiger partial charge on any atom is 0.573 e. The first kappa shape index (κ1) is 21.0. The van der Waals surface area contributed by atoms with Crippen molar-refractivity contribution in [1.82, 2.24) is 4.72 Å². The monoisotopic (exact) mass is 395 g/mol. The molecule has 1 aromatic rings. The van der Waals surface area contributed by atoms with Crippen molar-refractivity contribution in [2.75, 3.05) is 20.3 Å². The Labute approximate surface area is 151 Å². The molecule has 0 spiro atoms. The van der Waals surface area contributed by atoms with Crippen molar-refractivity contribution in [1.29, 1.82) is 0 Å². The Morgan fingerprint density at radius 2 is 1.73 bits per heavy atom. The van der Waals surface area contributed by atoms with Gasteiger partial charge in [-0.05, 0) is 48.9 Å². The quantitative estimate of drug-likeness (QED) is 0.726. The Morgan fingerprint density at radius 3 is 2.27 bits per heavy atom. The maximum atomic E-state index is 12.5. The third-order valence-corrected chi connectivity index (χ3v) is 6.17. The molecule has 5 nitrogen and oxygen atoms in total. The molecular formula is C17H24F3NO4S. The highest BCUT2D eigenvalue weighted by Gasteiger charge is 2.33. The van der Waals surface area contributed by atoms with E-state index >= 15 is 0 Å². The van der Waals surface area contributed by atoms with Gasteiger partial charge in [-0.15, -0.1) is 13.2 Å². The molecule has 0 heterocycles. The van der Waals surface area contributed by atoms with Gasteiger partial charge in [-0.25, -0.2) is 13.1 Å². The van der Waals surface area contributed by atoms with Crippen LogP contribution in [-0.2, 0) is 14.8 Å². The standard InChI is InChI=1S/C17H24F3NO4S/c1-24-12-11-16(9-3-2-4-10-16)13-21-26(22,23)15-7-5-14(6-8-15)25-17(18,19)20/h5-8,21H,2-4,9-13H2,1H3. The van der Waals surface area contributed by atoms with Crippen LogP contribution in [0.3, 0.4) is 0 Å². The summed E-state index contributed by atoms with van der Waals surface area (Å²) in [5.41, 5.74) is -0.138. The van der Waals surface area contributed by atoms with Gasteiger partial charge in [0, 0.05) is 20.3 Å². The summed E-state index contributed by atoms with van der Waals surface area (Å²) in [4.78, 5) is -0.0928. The van der Waals surface area contributed by atoms with E-state index in [-0.39, 0.29) is 10.3 Å². The summed E-state index contributed by atoms with van der Waals surface area (Å²) in [6.45, 7) is 0.852. The first-order valence-electron chi connectivity index (χ1n) is 8.50. The van der Waals surface area contributed by atoms with E-state index < -0.39 is 22.1 Å². The second-order valence-electron chi connectivity index (χ2n) is 6.65. The molecule has 1 N–H and O–H groups in total. The summed E-state index contributed by atoms with van der Waals surface area (Å²) in [6, 6.07) is 4.19. The summed E-state index contributed by atoms with van der Waals surface area (Å²) in [7, 11) is -2.19. The zero-order valence-electron chi connectivity index (χ0n) is 14.6. The van der Waals surface area contributed by atoms with Crippen molar-refractivity contribution >= 4 is 10.0 Å². The normalized spacial score (nSPS) is 17.8. The summed E-state index contributed by atoms with van der Waals surface area (Å²) in [5, 5.41) is 0. The molecule has 1 saturated carbocycles. The van der Waals surface area contributed by atoms with Gasteiger partial charge in [0.1, 0.15) is 5.75 Å². The first-order chi connectivity index (χ1) is 12.2. The molecule has 0 aliphatic heterocycles. The van der Waals surface area contributed by atoms with E-state index in [9.17, 15) is 21.6 Å². The fraction of sp³-hybridized carbons (Fsp3) is 0.647. The molecule has 1 aliphatic rings. The molecule has 9 heteroatoms. The molecule has 0 saturated heterocycles. The Balaban J connectivity index is 2.04. The molecular weight excluding hydrogens is 371 g/mol. The Hall–Kier alpha value is -1.32. The fourth-order valence-electron chi connectivity index (χ4n) is 3.29. The summed E-state index contributed by atoms with van der Waals surface area (Å²) in [6.07, 6.45) is 1.05. The highest BCUT2D eigenvalue weighted by atomic mass is 32.2. The fourth-order valence-corrected chi connectivity index (χ4v) is 4.44. The summed E-state index contributed by atoms with van der Waals surface area (Å²) >= 11 is 0. The number of rotatable bonds is 8. The molecule has 1 fully saturated rings. The minimum Gasteiger partial charge on any atom is -0.406 e.